The van der Waals surface area contributed by atoms with Crippen molar-refractivity contribution in [2.45, 2.75) is 78.0 Å². The second-order valence-electron chi connectivity index (χ2n) is 10.1. The zero-order valence-electron chi connectivity index (χ0n) is 21.2. The van der Waals surface area contributed by atoms with Crippen LogP contribution in [0.15, 0.2) is 18.5 Å². The summed E-state index contributed by atoms with van der Waals surface area (Å²) < 4.78 is 12.4. The number of methoxy groups -OCH3 is 1. The maximum Gasteiger partial charge on any atom is 0.408 e. The van der Waals surface area contributed by atoms with Crippen molar-refractivity contribution in [2.75, 3.05) is 12.4 Å². The summed E-state index contributed by atoms with van der Waals surface area (Å²) in [6, 6.07) is 0.684. The van der Waals surface area contributed by atoms with Crippen LogP contribution < -0.4 is 15.4 Å². The van der Waals surface area contributed by atoms with Crippen LogP contribution in [0.3, 0.4) is 0 Å². The molecule has 0 spiro atoms. The lowest BCUT2D eigenvalue weighted by Crippen LogP contribution is -2.50. The molecule has 2 aromatic rings. The maximum atomic E-state index is 13.3. The third kappa shape index (κ3) is 7.30. The van der Waals surface area contributed by atoms with Gasteiger partial charge in [-0.15, -0.1) is 10.2 Å². The van der Waals surface area contributed by atoms with Gasteiger partial charge in [-0.25, -0.2) is 4.79 Å². The zero-order chi connectivity index (χ0) is 25.8. The second kappa shape index (κ2) is 11.2. The molecule has 0 aliphatic heterocycles. The van der Waals surface area contributed by atoms with Crippen LogP contribution in [-0.4, -0.2) is 50.7 Å². The third-order valence-electron chi connectivity index (χ3n) is 6.15. The van der Waals surface area contributed by atoms with Crippen LogP contribution in [0.25, 0.3) is 0 Å². The van der Waals surface area contributed by atoms with E-state index in [-0.39, 0.29) is 23.0 Å². The van der Waals surface area contributed by atoms with Crippen molar-refractivity contribution >= 4 is 29.3 Å². The van der Waals surface area contributed by atoms with Crippen molar-refractivity contribution in [1.82, 2.24) is 25.3 Å². The molecule has 0 saturated heterocycles. The first-order valence-corrected chi connectivity index (χ1v) is 12.3. The Morgan fingerprint density at radius 2 is 1.89 bits per heavy atom. The predicted octanol–water partition coefficient (Wildman–Crippen LogP) is 4.60. The van der Waals surface area contributed by atoms with Gasteiger partial charge in [0.05, 0.1) is 25.0 Å². The summed E-state index contributed by atoms with van der Waals surface area (Å²) in [5.74, 6) is 0.691. The standard InChI is InChI=1S/C24H35ClN6O4/c1-14-7-9-16(10-8-14)20(28-23(33)35-24(3,4)5)21(32)27-17-12-26-31(13-17)15(2)18-11-19(25)29-30-22(18)34-6/h11-16,20H,7-10H2,1-6H3,(H,27,32)(H,28,33). The van der Waals surface area contributed by atoms with E-state index in [1.54, 1.807) is 43.9 Å². The topological polar surface area (TPSA) is 120 Å². The van der Waals surface area contributed by atoms with Gasteiger partial charge in [-0.2, -0.15) is 5.10 Å². The summed E-state index contributed by atoms with van der Waals surface area (Å²) in [5.41, 5.74) is 0.554. The number of alkyl carbamates (subject to hydrolysis) is 1. The lowest BCUT2D eigenvalue weighted by Gasteiger charge is -2.32. The second-order valence-corrected chi connectivity index (χ2v) is 10.5. The Hall–Kier alpha value is -2.88. The first-order chi connectivity index (χ1) is 16.5. The van der Waals surface area contributed by atoms with Gasteiger partial charge in [0.25, 0.3) is 0 Å². The average molecular weight is 507 g/mol. The molecule has 0 aromatic carbocycles. The summed E-state index contributed by atoms with van der Waals surface area (Å²) in [5, 5.41) is 18.1. The summed E-state index contributed by atoms with van der Waals surface area (Å²) in [7, 11) is 1.51. The van der Waals surface area contributed by atoms with Gasteiger partial charge in [-0.05, 0) is 58.4 Å². The van der Waals surface area contributed by atoms with E-state index in [9.17, 15) is 9.59 Å². The van der Waals surface area contributed by atoms with Crippen LogP contribution in [0.2, 0.25) is 5.15 Å². The van der Waals surface area contributed by atoms with Gasteiger partial charge < -0.3 is 20.1 Å². The number of amides is 2. The van der Waals surface area contributed by atoms with Crippen molar-refractivity contribution < 1.29 is 19.1 Å². The number of hydrogen-bond acceptors (Lipinski definition) is 7. The summed E-state index contributed by atoms with van der Waals surface area (Å²) in [6.45, 7) is 9.49. The van der Waals surface area contributed by atoms with Gasteiger partial charge in [-0.3, -0.25) is 9.48 Å². The Morgan fingerprint density at radius 1 is 1.20 bits per heavy atom. The van der Waals surface area contributed by atoms with Crippen LogP contribution in [-0.2, 0) is 9.53 Å². The van der Waals surface area contributed by atoms with Gasteiger partial charge in [-0.1, -0.05) is 31.4 Å². The molecule has 2 amide bonds. The molecule has 1 aliphatic carbocycles. The number of carbonyl (C=O) groups excluding carboxylic acids is 2. The van der Waals surface area contributed by atoms with E-state index in [2.05, 4.69) is 32.9 Å². The van der Waals surface area contributed by atoms with Crippen molar-refractivity contribution in [3.8, 4) is 5.88 Å². The smallest absolute Gasteiger partial charge is 0.408 e. The fraction of sp³-hybridized carbons (Fsp3) is 0.625. The minimum atomic E-state index is -0.707. The van der Waals surface area contributed by atoms with Crippen molar-refractivity contribution in [3.63, 3.8) is 0 Å². The molecule has 2 unspecified atom stereocenters. The highest BCUT2D eigenvalue weighted by atomic mass is 35.5. The summed E-state index contributed by atoms with van der Waals surface area (Å²) in [4.78, 5) is 25.8. The van der Waals surface area contributed by atoms with Crippen molar-refractivity contribution in [2.24, 2.45) is 11.8 Å². The molecule has 0 radical (unpaired) electrons. The number of nitrogens with zero attached hydrogens (tertiary/aromatic N) is 4. The molecule has 10 nitrogen and oxygen atoms in total. The molecule has 2 N–H and O–H groups in total. The van der Waals surface area contributed by atoms with Crippen LogP contribution >= 0.6 is 11.6 Å². The number of nitrogens with one attached hydrogen (secondary N) is 2. The summed E-state index contributed by atoms with van der Waals surface area (Å²) >= 11 is 6.02. The predicted molar refractivity (Wildman–Crippen MR) is 133 cm³/mol. The van der Waals surface area contributed by atoms with Gasteiger partial charge in [0, 0.05) is 11.8 Å². The van der Waals surface area contributed by atoms with E-state index >= 15 is 0 Å². The van der Waals surface area contributed by atoms with E-state index < -0.39 is 17.7 Å². The maximum absolute atomic E-state index is 13.3. The molecule has 0 bridgehead atoms. The Bertz CT molecular complexity index is 1030. The third-order valence-corrected chi connectivity index (χ3v) is 6.34. The quantitative estimate of drug-likeness (QED) is 0.562. The van der Waals surface area contributed by atoms with Crippen molar-refractivity contribution in [1.29, 1.82) is 0 Å². The minimum absolute atomic E-state index is 0.0296. The largest absolute Gasteiger partial charge is 0.480 e. The number of hydrogen-bond donors (Lipinski definition) is 2. The number of carbonyl (C=O) groups is 2. The molecule has 3 rings (SSSR count). The van der Waals surface area contributed by atoms with Gasteiger partial charge in [0.15, 0.2) is 5.15 Å². The van der Waals surface area contributed by atoms with Crippen LogP contribution in [0, 0.1) is 11.8 Å². The molecule has 1 aliphatic rings. The van der Waals surface area contributed by atoms with Crippen LogP contribution in [0.5, 0.6) is 5.88 Å². The molecule has 2 aromatic heterocycles. The highest BCUT2D eigenvalue weighted by molar-refractivity contribution is 6.29. The lowest BCUT2D eigenvalue weighted by atomic mass is 9.79. The van der Waals surface area contributed by atoms with E-state index in [0.29, 0.717) is 23.0 Å². The summed E-state index contributed by atoms with van der Waals surface area (Å²) in [6.07, 6.45) is 6.43. The number of rotatable bonds is 7. The molecule has 35 heavy (non-hydrogen) atoms. The molecule has 1 saturated carbocycles. The average Bonchev–Trinajstić information content (AvgIpc) is 3.24. The van der Waals surface area contributed by atoms with Crippen LogP contribution in [0.4, 0.5) is 10.5 Å². The molecular weight excluding hydrogens is 472 g/mol. The van der Waals surface area contributed by atoms with Gasteiger partial charge >= 0.3 is 6.09 Å². The van der Waals surface area contributed by atoms with E-state index in [4.69, 9.17) is 21.1 Å². The fourth-order valence-corrected chi connectivity index (χ4v) is 4.41. The van der Waals surface area contributed by atoms with Crippen LogP contribution in [0.1, 0.15) is 71.9 Å². The van der Waals surface area contributed by atoms with Crippen molar-refractivity contribution in [3.05, 3.63) is 29.2 Å². The minimum Gasteiger partial charge on any atom is -0.480 e. The highest BCUT2D eigenvalue weighted by Gasteiger charge is 2.34. The molecule has 192 valence electrons. The van der Waals surface area contributed by atoms with E-state index in [1.807, 2.05) is 6.92 Å². The molecule has 1 fully saturated rings. The monoisotopic (exact) mass is 506 g/mol. The molecule has 2 atom stereocenters. The van der Waals surface area contributed by atoms with E-state index in [0.717, 1.165) is 25.7 Å². The SMILES string of the molecule is COc1nnc(Cl)cc1C(C)n1cc(NC(=O)C(NC(=O)OC(C)(C)C)C2CCC(C)CC2)cn1. The number of anilines is 1. The van der Waals surface area contributed by atoms with Gasteiger partial charge in [0.2, 0.25) is 11.8 Å². The Kier molecular flexibility index (Phi) is 8.58. The first-order valence-electron chi connectivity index (χ1n) is 11.9. The molecule has 2 heterocycles. The Labute approximate surface area is 211 Å². The van der Waals surface area contributed by atoms with Gasteiger partial charge in [0.1, 0.15) is 11.6 Å². The first kappa shape index (κ1) is 26.7. The number of ether oxygens (including phenoxy) is 2. The zero-order valence-corrected chi connectivity index (χ0v) is 21.9. The molecular formula is C24H35ClN6O4. The normalized spacial score (nSPS) is 20.0. The Balaban J connectivity index is 1.75. The Morgan fingerprint density at radius 3 is 2.51 bits per heavy atom. The lowest BCUT2D eigenvalue weighted by molar-refractivity contribution is -0.119. The fourth-order valence-electron chi connectivity index (χ4n) is 4.26. The number of halogens is 1. The number of aromatic nitrogens is 4. The highest BCUT2D eigenvalue weighted by Crippen LogP contribution is 2.32. The molecule has 11 heteroatoms. The van der Waals surface area contributed by atoms with E-state index in [1.165, 1.54) is 7.11 Å².